The van der Waals surface area contributed by atoms with Crippen LogP contribution in [-0.4, -0.2) is 27.0 Å². The van der Waals surface area contributed by atoms with E-state index in [0.29, 0.717) is 32.3 Å². The fraction of sp³-hybridized carbons (Fsp3) is 0.0714. The Balaban J connectivity index is 1.43. The number of carbonyl (C=O) groups excluding carboxylic acids is 2. The van der Waals surface area contributed by atoms with Crippen LogP contribution in [-0.2, 0) is 11.3 Å². The highest BCUT2D eigenvalue weighted by atomic mass is 35.5. The van der Waals surface area contributed by atoms with Crippen LogP contribution in [0, 0.1) is 0 Å². The number of benzene rings is 3. The standard InChI is InChI=1S/C28H22ClN3O3S/c1-2-16-32-27(35)23-8-3-4-9-24(23)31-28(32)36-18-26(34)30-22-7-5-6-20(17-22)25(33)15-12-19-10-13-21(29)14-11-19/h2-15,17H,1,16,18H2,(H,30,34)/b15-12+. The van der Waals surface area contributed by atoms with Gasteiger partial charge in [0, 0.05) is 22.8 Å². The number of fused-ring (bicyclic) bond motifs is 1. The van der Waals surface area contributed by atoms with Gasteiger partial charge in [0.25, 0.3) is 5.56 Å². The number of nitrogens with zero attached hydrogens (tertiary/aromatic N) is 2. The lowest BCUT2D eigenvalue weighted by Gasteiger charge is -2.11. The second kappa shape index (κ2) is 11.7. The van der Waals surface area contributed by atoms with E-state index in [4.69, 9.17) is 11.6 Å². The molecule has 8 heteroatoms. The van der Waals surface area contributed by atoms with E-state index in [1.807, 2.05) is 18.2 Å². The fourth-order valence-electron chi connectivity index (χ4n) is 3.47. The molecule has 0 radical (unpaired) electrons. The second-order valence-electron chi connectivity index (χ2n) is 7.78. The minimum absolute atomic E-state index is 0.0383. The van der Waals surface area contributed by atoms with Crippen LogP contribution in [0.25, 0.3) is 17.0 Å². The van der Waals surface area contributed by atoms with E-state index >= 15 is 0 Å². The Bertz CT molecular complexity index is 1530. The molecule has 0 bridgehead atoms. The van der Waals surface area contributed by atoms with Gasteiger partial charge in [-0.15, -0.1) is 6.58 Å². The maximum absolute atomic E-state index is 12.9. The zero-order valence-electron chi connectivity index (χ0n) is 19.2. The molecular formula is C28H22ClN3O3S. The van der Waals surface area contributed by atoms with Gasteiger partial charge in [0.05, 0.1) is 16.7 Å². The highest BCUT2D eigenvalue weighted by Crippen LogP contribution is 2.19. The van der Waals surface area contributed by atoms with Crippen molar-refractivity contribution in [2.24, 2.45) is 0 Å². The van der Waals surface area contributed by atoms with Gasteiger partial charge in [-0.25, -0.2) is 4.98 Å². The molecule has 180 valence electrons. The number of rotatable bonds is 9. The van der Waals surface area contributed by atoms with Crippen molar-refractivity contribution in [3.05, 3.63) is 118 Å². The first-order chi connectivity index (χ1) is 17.4. The number of amides is 1. The Morgan fingerprint density at radius 1 is 1.06 bits per heavy atom. The summed E-state index contributed by atoms with van der Waals surface area (Å²) < 4.78 is 1.50. The quantitative estimate of drug-likeness (QED) is 0.0992. The molecule has 6 nitrogen and oxygen atoms in total. The van der Waals surface area contributed by atoms with E-state index in [9.17, 15) is 14.4 Å². The number of halogens is 1. The number of allylic oxidation sites excluding steroid dienone is 2. The Hall–Kier alpha value is -3.94. The summed E-state index contributed by atoms with van der Waals surface area (Å²) in [4.78, 5) is 42.7. The summed E-state index contributed by atoms with van der Waals surface area (Å²) in [6, 6.07) is 21.0. The number of aromatic nitrogens is 2. The van der Waals surface area contributed by atoms with Crippen molar-refractivity contribution >= 4 is 57.7 Å². The molecule has 1 heterocycles. The first kappa shape index (κ1) is 25.2. The van der Waals surface area contributed by atoms with Gasteiger partial charge in [0.2, 0.25) is 5.91 Å². The second-order valence-corrected chi connectivity index (χ2v) is 9.16. The van der Waals surface area contributed by atoms with E-state index in [2.05, 4.69) is 16.9 Å². The number of anilines is 1. The summed E-state index contributed by atoms with van der Waals surface area (Å²) in [6.45, 7) is 4.00. The average molecular weight is 516 g/mol. The Morgan fingerprint density at radius 3 is 2.61 bits per heavy atom. The van der Waals surface area contributed by atoms with Gasteiger partial charge >= 0.3 is 0 Å². The number of nitrogens with one attached hydrogen (secondary N) is 1. The molecule has 0 fully saturated rings. The van der Waals surface area contributed by atoms with Crippen LogP contribution in [0.2, 0.25) is 5.02 Å². The van der Waals surface area contributed by atoms with E-state index in [-0.39, 0.29) is 29.5 Å². The summed E-state index contributed by atoms with van der Waals surface area (Å²) >= 11 is 7.05. The molecule has 1 N–H and O–H groups in total. The Labute approximate surface area is 217 Å². The van der Waals surface area contributed by atoms with Crippen molar-refractivity contribution in [1.82, 2.24) is 9.55 Å². The van der Waals surface area contributed by atoms with Crippen molar-refractivity contribution in [1.29, 1.82) is 0 Å². The molecule has 4 rings (SSSR count). The number of hydrogen-bond acceptors (Lipinski definition) is 5. The minimum Gasteiger partial charge on any atom is -0.325 e. The van der Waals surface area contributed by atoms with Gasteiger partial charge in [-0.3, -0.25) is 19.0 Å². The Morgan fingerprint density at radius 2 is 1.83 bits per heavy atom. The SMILES string of the molecule is C=CCn1c(SCC(=O)Nc2cccc(C(=O)/C=C/c3ccc(Cl)cc3)c2)nc2ccccc2c1=O. The highest BCUT2D eigenvalue weighted by Gasteiger charge is 2.13. The van der Waals surface area contributed by atoms with Crippen LogP contribution < -0.4 is 10.9 Å². The topological polar surface area (TPSA) is 81.1 Å². The maximum Gasteiger partial charge on any atom is 0.262 e. The molecule has 0 spiro atoms. The van der Waals surface area contributed by atoms with E-state index in [1.54, 1.807) is 66.7 Å². The zero-order chi connectivity index (χ0) is 25.5. The zero-order valence-corrected chi connectivity index (χ0v) is 20.8. The number of hydrogen-bond donors (Lipinski definition) is 1. The van der Waals surface area contributed by atoms with E-state index in [1.165, 1.54) is 22.4 Å². The molecule has 0 aliphatic carbocycles. The first-order valence-electron chi connectivity index (χ1n) is 11.1. The van der Waals surface area contributed by atoms with E-state index < -0.39 is 0 Å². The molecule has 4 aromatic rings. The van der Waals surface area contributed by atoms with Gasteiger partial charge in [-0.05, 0) is 48.0 Å². The number of thioether (sulfide) groups is 1. The van der Waals surface area contributed by atoms with Gasteiger partial charge in [-0.1, -0.05) is 71.9 Å². The van der Waals surface area contributed by atoms with Crippen LogP contribution in [0.1, 0.15) is 15.9 Å². The van der Waals surface area contributed by atoms with Crippen LogP contribution in [0.4, 0.5) is 5.69 Å². The largest absolute Gasteiger partial charge is 0.325 e. The smallest absolute Gasteiger partial charge is 0.262 e. The number of para-hydroxylation sites is 1. The molecule has 1 aromatic heterocycles. The molecule has 0 unspecified atom stereocenters. The van der Waals surface area contributed by atoms with E-state index in [0.717, 1.165) is 5.56 Å². The van der Waals surface area contributed by atoms with Gasteiger partial charge < -0.3 is 5.32 Å². The molecule has 0 aliphatic rings. The molecular weight excluding hydrogens is 494 g/mol. The van der Waals surface area contributed by atoms with Crippen LogP contribution >= 0.6 is 23.4 Å². The summed E-state index contributed by atoms with van der Waals surface area (Å²) in [5.41, 5.74) is 2.19. The monoisotopic (exact) mass is 515 g/mol. The number of ketones is 1. The van der Waals surface area contributed by atoms with Gasteiger partial charge in [0.15, 0.2) is 10.9 Å². The summed E-state index contributed by atoms with van der Waals surface area (Å²) in [6.07, 6.45) is 4.80. The van der Waals surface area contributed by atoms with Crippen molar-refractivity contribution in [2.75, 3.05) is 11.1 Å². The van der Waals surface area contributed by atoms with Crippen molar-refractivity contribution in [2.45, 2.75) is 11.7 Å². The third-order valence-corrected chi connectivity index (χ3v) is 6.43. The number of carbonyl (C=O) groups is 2. The molecule has 36 heavy (non-hydrogen) atoms. The summed E-state index contributed by atoms with van der Waals surface area (Å²) in [5.74, 6) is -0.436. The fourth-order valence-corrected chi connectivity index (χ4v) is 4.40. The molecule has 0 saturated carbocycles. The summed E-state index contributed by atoms with van der Waals surface area (Å²) in [5, 5.41) is 4.38. The molecule has 0 saturated heterocycles. The lowest BCUT2D eigenvalue weighted by molar-refractivity contribution is -0.113. The lowest BCUT2D eigenvalue weighted by atomic mass is 10.1. The minimum atomic E-state index is -0.283. The lowest BCUT2D eigenvalue weighted by Crippen LogP contribution is -2.23. The van der Waals surface area contributed by atoms with Crippen molar-refractivity contribution in [3.63, 3.8) is 0 Å². The third kappa shape index (κ3) is 6.19. The highest BCUT2D eigenvalue weighted by molar-refractivity contribution is 7.99. The van der Waals surface area contributed by atoms with Crippen molar-refractivity contribution < 1.29 is 9.59 Å². The molecule has 1 amide bonds. The average Bonchev–Trinajstić information content (AvgIpc) is 2.89. The predicted octanol–water partition coefficient (Wildman–Crippen LogP) is 5.86. The summed E-state index contributed by atoms with van der Waals surface area (Å²) in [7, 11) is 0. The third-order valence-electron chi connectivity index (χ3n) is 5.20. The normalized spacial score (nSPS) is 11.0. The van der Waals surface area contributed by atoms with Crippen molar-refractivity contribution in [3.8, 4) is 0 Å². The first-order valence-corrected chi connectivity index (χ1v) is 12.4. The maximum atomic E-state index is 12.9. The predicted molar refractivity (Wildman–Crippen MR) is 147 cm³/mol. The van der Waals surface area contributed by atoms with Crippen LogP contribution in [0.3, 0.4) is 0 Å². The molecule has 0 atom stereocenters. The van der Waals surface area contributed by atoms with Gasteiger partial charge in [0.1, 0.15) is 0 Å². The van der Waals surface area contributed by atoms with Gasteiger partial charge in [-0.2, -0.15) is 0 Å². The van der Waals surface area contributed by atoms with Crippen LogP contribution in [0.5, 0.6) is 0 Å². The molecule has 3 aromatic carbocycles. The Kier molecular flexibility index (Phi) is 8.15. The molecule has 0 aliphatic heterocycles. The van der Waals surface area contributed by atoms with Crippen LogP contribution in [0.15, 0.2) is 101 Å².